The van der Waals surface area contributed by atoms with Crippen molar-refractivity contribution in [3.63, 3.8) is 0 Å². The van der Waals surface area contributed by atoms with E-state index < -0.39 is 0 Å². The molecule has 0 aromatic carbocycles. The predicted molar refractivity (Wildman–Crippen MR) is 73.4 cm³/mol. The molecule has 102 valence electrons. The quantitative estimate of drug-likeness (QED) is 0.705. The van der Waals surface area contributed by atoms with Crippen LogP contribution in [0.25, 0.3) is 0 Å². The Morgan fingerprint density at radius 3 is 2.47 bits per heavy atom. The van der Waals surface area contributed by atoms with Crippen LogP contribution < -0.4 is 5.32 Å². The van der Waals surface area contributed by atoms with Gasteiger partial charge in [-0.3, -0.25) is 0 Å². The molecule has 2 atom stereocenters. The van der Waals surface area contributed by atoms with E-state index in [0.29, 0.717) is 12.1 Å². The highest BCUT2D eigenvalue weighted by Gasteiger charge is 2.25. The van der Waals surface area contributed by atoms with Crippen molar-refractivity contribution >= 4 is 0 Å². The summed E-state index contributed by atoms with van der Waals surface area (Å²) in [6, 6.07) is 0.620. The molecule has 17 heavy (non-hydrogen) atoms. The molecule has 1 fully saturated rings. The Morgan fingerprint density at radius 1 is 1.29 bits per heavy atom. The van der Waals surface area contributed by atoms with Gasteiger partial charge in [-0.1, -0.05) is 33.6 Å². The van der Waals surface area contributed by atoms with Crippen LogP contribution in [-0.2, 0) is 4.74 Å². The van der Waals surface area contributed by atoms with Crippen LogP contribution in [0.3, 0.4) is 0 Å². The van der Waals surface area contributed by atoms with Gasteiger partial charge < -0.3 is 15.0 Å². The first-order chi connectivity index (χ1) is 8.23. The van der Waals surface area contributed by atoms with Crippen LogP contribution in [0.5, 0.6) is 0 Å². The summed E-state index contributed by atoms with van der Waals surface area (Å²) >= 11 is 0. The third kappa shape index (κ3) is 4.94. The number of nitrogens with one attached hydrogen (secondary N) is 1. The van der Waals surface area contributed by atoms with Crippen molar-refractivity contribution in [3.05, 3.63) is 0 Å². The molecule has 1 aliphatic heterocycles. The van der Waals surface area contributed by atoms with E-state index in [9.17, 15) is 0 Å². The molecule has 1 N–H and O–H groups in total. The number of hydrogen-bond donors (Lipinski definition) is 1. The average Bonchev–Trinajstić information content (AvgIpc) is 2.82. The molecule has 1 saturated heterocycles. The Labute approximate surface area is 107 Å². The minimum atomic E-state index is 0.423. The van der Waals surface area contributed by atoms with Gasteiger partial charge in [0.1, 0.15) is 0 Å². The van der Waals surface area contributed by atoms with Crippen molar-refractivity contribution in [2.45, 2.75) is 52.2 Å². The topological polar surface area (TPSA) is 24.5 Å². The summed E-state index contributed by atoms with van der Waals surface area (Å²) in [7, 11) is 1.82. The van der Waals surface area contributed by atoms with Crippen molar-refractivity contribution < 1.29 is 4.74 Å². The highest BCUT2D eigenvalue weighted by atomic mass is 16.5. The molecule has 0 aromatic rings. The number of methoxy groups -OCH3 is 1. The normalized spacial score (nSPS) is 25.1. The Hall–Kier alpha value is -0.120. The van der Waals surface area contributed by atoms with Crippen LogP contribution in [0.1, 0.15) is 40.0 Å². The Kier molecular flexibility index (Phi) is 7.09. The monoisotopic (exact) mass is 242 g/mol. The number of hydrogen-bond acceptors (Lipinski definition) is 3. The summed E-state index contributed by atoms with van der Waals surface area (Å²) in [6.07, 6.45) is 4.18. The second-order valence-corrected chi connectivity index (χ2v) is 5.23. The van der Waals surface area contributed by atoms with Gasteiger partial charge in [-0.2, -0.15) is 0 Å². The Balaban J connectivity index is 2.31. The molecule has 0 radical (unpaired) electrons. The summed E-state index contributed by atoms with van der Waals surface area (Å²) < 4.78 is 5.40. The van der Waals surface area contributed by atoms with Crippen LogP contribution in [0.2, 0.25) is 0 Å². The van der Waals surface area contributed by atoms with Gasteiger partial charge in [0, 0.05) is 32.8 Å². The van der Waals surface area contributed by atoms with Crippen molar-refractivity contribution in [3.8, 4) is 0 Å². The summed E-state index contributed by atoms with van der Waals surface area (Å²) in [4.78, 5) is 2.59. The zero-order chi connectivity index (χ0) is 12.7. The number of nitrogens with zero attached hydrogens (tertiary/aromatic N) is 1. The lowest BCUT2D eigenvalue weighted by Crippen LogP contribution is -2.39. The summed E-state index contributed by atoms with van der Waals surface area (Å²) in [5.74, 6) is 0.856. The van der Waals surface area contributed by atoms with E-state index in [-0.39, 0.29) is 0 Å². The minimum absolute atomic E-state index is 0.423. The fraction of sp³-hybridized carbons (Fsp3) is 1.00. The first-order valence-electron chi connectivity index (χ1n) is 7.21. The van der Waals surface area contributed by atoms with Gasteiger partial charge in [-0.25, -0.2) is 0 Å². The molecule has 0 aromatic heterocycles. The maximum Gasteiger partial charge on any atom is 0.0711 e. The maximum atomic E-state index is 5.40. The zero-order valence-corrected chi connectivity index (χ0v) is 12.0. The molecular formula is C14H30N2O. The highest BCUT2D eigenvalue weighted by molar-refractivity contribution is 4.84. The van der Waals surface area contributed by atoms with Gasteiger partial charge in [0.05, 0.1) is 6.10 Å². The smallest absolute Gasteiger partial charge is 0.0711 e. The molecule has 1 rings (SSSR count). The number of ether oxygens (including phenoxy) is 1. The second kappa shape index (κ2) is 8.06. The SMILES string of the molecule is CCC(CC)CN(CC)CC1CC(OC)CN1. The lowest BCUT2D eigenvalue weighted by Gasteiger charge is -2.27. The van der Waals surface area contributed by atoms with E-state index in [0.717, 1.165) is 25.4 Å². The minimum Gasteiger partial charge on any atom is -0.380 e. The highest BCUT2D eigenvalue weighted by Crippen LogP contribution is 2.14. The van der Waals surface area contributed by atoms with E-state index in [2.05, 4.69) is 31.0 Å². The lowest BCUT2D eigenvalue weighted by atomic mass is 10.0. The first-order valence-corrected chi connectivity index (χ1v) is 7.21. The van der Waals surface area contributed by atoms with Gasteiger partial charge in [-0.05, 0) is 18.9 Å². The van der Waals surface area contributed by atoms with E-state index >= 15 is 0 Å². The average molecular weight is 242 g/mol. The Morgan fingerprint density at radius 2 is 2.00 bits per heavy atom. The molecule has 0 saturated carbocycles. The van der Waals surface area contributed by atoms with Gasteiger partial charge in [0.2, 0.25) is 0 Å². The molecule has 1 aliphatic rings. The van der Waals surface area contributed by atoms with Crippen molar-refractivity contribution in [2.24, 2.45) is 5.92 Å². The van der Waals surface area contributed by atoms with E-state index in [4.69, 9.17) is 4.74 Å². The Bertz CT molecular complexity index is 195. The zero-order valence-electron chi connectivity index (χ0n) is 12.0. The van der Waals surface area contributed by atoms with Crippen molar-refractivity contribution in [2.75, 3.05) is 33.3 Å². The molecule has 0 bridgehead atoms. The van der Waals surface area contributed by atoms with Gasteiger partial charge in [0.15, 0.2) is 0 Å². The molecule has 3 heteroatoms. The lowest BCUT2D eigenvalue weighted by molar-refractivity contribution is 0.115. The van der Waals surface area contributed by atoms with E-state index in [1.54, 1.807) is 0 Å². The fourth-order valence-corrected chi connectivity index (χ4v) is 2.66. The number of likely N-dealkylation sites (N-methyl/N-ethyl adjacent to an activating group) is 1. The maximum absolute atomic E-state index is 5.40. The van der Waals surface area contributed by atoms with Gasteiger partial charge in [-0.15, -0.1) is 0 Å². The molecule has 3 nitrogen and oxygen atoms in total. The molecule has 0 amide bonds. The molecule has 1 heterocycles. The summed E-state index contributed by atoms with van der Waals surface area (Å²) in [5, 5.41) is 3.57. The van der Waals surface area contributed by atoms with Crippen LogP contribution in [0.15, 0.2) is 0 Å². The predicted octanol–water partition coefficient (Wildman–Crippen LogP) is 2.12. The van der Waals surface area contributed by atoms with E-state index in [1.807, 2.05) is 7.11 Å². The van der Waals surface area contributed by atoms with Crippen LogP contribution in [0.4, 0.5) is 0 Å². The number of rotatable bonds is 8. The summed E-state index contributed by atoms with van der Waals surface area (Å²) in [6.45, 7) is 11.5. The van der Waals surface area contributed by atoms with Crippen molar-refractivity contribution in [1.82, 2.24) is 10.2 Å². The summed E-state index contributed by atoms with van der Waals surface area (Å²) in [5.41, 5.74) is 0. The third-order valence-electron chi connectivity index (χ3n) is 4.11. The van der Waals surface area contributed by atoms with Gasteiger partial charge in [0.25, 0.3) is 0 Å². The first kappa shape index (κ1) is 14.9. The largest absolute Gasteiger partial charge is 0.380 e. The van der Waals surface area contributed by atoms with Crippen LogP contribution in [-0.4, -0.2) is 50.3 Å². The van der Waals surface area contributed by atoms with Crippen LogP contribution >= 0.6 is 0 Å². The molecule has 2 unspecified atom stereocenters. The second-order valence-electron chi connectivity index (χ2n) is 5.23. The molecular weight excluding hydrogens is 212 g/mol. The molecule has 0 spiro atoms. The van der Waals surface area contributed by atoms with Crippen molar-refractivity contribution in [1.29, 1.82) is 0 Å². The van der Waals surface area contributed by atoms with E-state index in [1.165, 1.54) is 25.9 Å². The van der Waals surface area contributed by atoms with Crippen LogP contribution in [0, 0.1) is 5.92 Å². The third-order valence-corrected chi connectivity index (χ3v) is 4.11. The molecule has 0 aliphatic carbocycles. The fourth-order valence-electron chi connectivity index (χ4n) is 2.66. The standard InChI is InChI=1S/C14H30N2O/c1-5-12(6-2)10-16(7-3)11-13-8-14(17-4)9-15-13/h12-15H,5-11H2,1-4H3. The van der Waals surface area contributed by atoms with Gasteiger partial charge >= 0.3 is 0 Å².